The molecule has 24 heavy (non-hydrogen) atoms. The van der Waals surface area contributed by atoms with Crippen molar-refractivity contribution < 1.29 is 19.1 Å². The Morgan fingerprint density at radius 2 is 1.79 bits per heavy atom. The predicted molar refractivity (Wildman–Crippen MR) is 102 cm³/mol. The van der Waals surface area contributed by atoms with Gasteiger partial charge in [-0.2, -0.15) is 0 Å². The van der Waals surface area contributed by atoms with Crippen LogP contribution in [0, 0.1) is 3.57 Å². The third kappa shape index (κ3) is 8.52. The summed E-state index contributed by atoms with van der Waals surface area (Å²) in [6, 6.07) is 7.79. The maximum Gasteiger partial charge on any atom is 0.410 e. The molecule has 0 fully saturated rings. The van der Waals surface area contributed by atoms with Gasteiger partial charge in [-0.3, -0.25) is 9.69 Å². The molecule has 0 N–H and O–H groups in total. The number of rotatable bonds is 7. The minimum atomic E-state index is -0.586. The highest BCUT2D eigenvalue weighted by atomic mass is 127. The van der Waals surface area contributed by atoms with Crippen LogP contribution in [0.5, 0.6) is 0 Å². The second kappa shape index (κ2) is 9.86. The van der Waals surface area contributed by atoms with Gasteiger partial charge in [0.15, 0.2) is 0 Å². The summed E-state index contributed by atoms with van der Waals surface area (Å²) < 4.78 is 11.7. The van der Waals surface area contributed by atoms with Gasteiger partial charge in [0.05, 0.1) is 6.61 Å². The van der Waals surface area contributed by atoms with Crippen molar-refractivity contribution in [2.75, 3.05) is 13.2 Å². The standard InChI is InChI=1S/C18H26INO4/c1-5-6-11-23-17(22)20(13-16(21)24-18(2,3)4)12-14-7-9-15(19)10-8-14/h7-10H,5-6,11-13H2,1-4H3. The van der Waals surface area contributed by atoms with E-state index in [4.69, 9.17) is 9.47 Å². The van der Waals surface area contributed by atoms with Gasteiger partial charge < -0.3 is 9.47 Å². The van der Waals surface area contributed by atoms with Crippen LogP contribution in [0.1, 0.15) is 46.1 Å². The van der Waals surface area contributed by atoms with E-state index >= 15 is 0 Å². The van der Waals surface area contributed by atoms with Gasteiger partial charge in [-0.15, -0.1) is 0 Å². The Hall–Kier alpha value is -1.31. The molecule has 0 aromatic heterocycles. The zero-order chi connectivity index (χ0) is 18.2. The van der Waals surface area contributed by atoms with E-state index in [1.54, 1.807) is 20.8 Å². The van der Waals surface area contributed by atoms with E-state index in [1.165, 1.54) is 4.90 Å². The summed E-state index contributed by atoms with van der Waals surface area (Å²) >= 11 is 2.22. The smallest absolute Gasteiger partial charge is 0.410 e. The van der Waals surface area contributed by atoms with Crippen LogP contribution in [0.4, 0.5) is 4.79 Å². The summed E-state index contributed by atoms with van der Waals surface area (Å²) in [6.45, 7) is 7.95. The monoisotopic (exact) mass is 447 g/mol. The van der Waals surface area contributed by atoms with Crippen molar-refractivity contribution in [3.05, 3.63) is 33.4 Å². The Balaban J connectivity index is 2.76. The Labute approximate surface area is 157 Å². The number of amides is 1. The lowest BCUT2D eigenvalue weighted by atomic mass is 10.2. The largest absolute Gasteiger partial charge is 0.459 e. The molecule has 0 atom stereocenters. The first-order valence-electron chi connectivity index (χ1n) is 8.09. The lowest BCUT2D eigenvalue weighted by Gasteiger charge is -2.25. The van der Waals surface area contributed by atoms with E-state index < -0.39 is 17.7 Å². The summed E-state index contributed by atoms with van der Waals surface area (Å²) in [5.41, 5.74) is 0.351. The van der Waals surface area contributed by atoms with Crippen LogP contribution in [0.3, 0.4) is 0 Å². The Morgan fingerprint density at radius 1 is 1.17 bits per heavy atom. The van der Waals surface area contributed by atoms with E-state index in [0.29, 0.717) is 13.2 Å². The molecule has 0 aliphatic carbocycles. The van der Waals surface area contributed by atoms with E-state index in [2.05, 4.69) is 22.6 Å². The maximum atomic E-state index is 12.3. The van der Waals surface area contributed by atoms with Crippen LogP contribution >= 0.6 is 22.6 Å². The number of ether oxygens (including phenoxy) is 2. The average Bonchev–Trinajstić information content (AvgIpc) is 2.47. The number of nitrogens with zero attached hydrogens (tertiary/aromatic N) is 1. The number of hydrogen-bond donors (Lipinski definition) is 0. The van der Waals surface area contributed by atoms with Crippen LogP contribution in [0.2, 0.25) is 0 Å². The molecule has 0 saturated heterocycles. The summed E-state index contributed by atoms with van der Waals surface area (Å²) in [5, 5.41) is 0. The molecular formula is C18H26INO4. The van der Waals surface area contributed by atoms with Crippen molar-refractivity contribution >= 4 is 34.7 Å². The quantitative estimate of drug-likeness (QED) is 0.354. The molecule has 1 aromatic carbocycles. The fourth-order valence-corrected chi connectivity index (χ4v) is 2.28. The number of unbranched alkanes of at least 4 members (excludes halogenated alkanes) is 1. The molecule has 1 amide bonds. The number of halogens is 1. The average molecular weight is 447 g/mol. The molecule has 0 aliphatic rings. The van der Waals surface area contributed by atoms with Crippen molar-refractivity contribution in [3.8, 4) is 0 Å². The van der Waals surface area contributed by atoms with Crippen molar-refractivity contribution in [2.24, 2.45) is 0 Å². The molecule has 0 unspecified atom stereocenters. The second-order valence-corrected chi connectivity index (χ2v) is 7.78. The van der Waals surface area contributed by atoms with Gasteiger partial charge in [0.2, 0.25) is 0 Å². The highest BCUT2D eigenvalue weighted by molar-refractivity contribution is 14.1. The topological polar surface area (TPSA) is 55.8 Å². The predicted octanol–water partition coefficient (Wildman–Crippen LogP) is 4.37. The first kappa shape index (κ1) is 20.7. The number of carbonyl (C=O) groups excluding carboxylic acids is 2. The van der Waals surface area contributed by atoms with Crippen LogP contribution in [-0.2, 0) is 20.8 Å². The zero-order valence-corrected chi connectivity index (χ0v) is 17.0. The Morgan fingerprint density at radius 3 is 2.33 bits per heavy atom. The highest BCUT2D eigenvalue weighted by Crippen LogP contribution is 2.12. The molecular weight excluding hydrogens is 421 g/mol. The van der Waals surface area contributed by atoms with E-state index in [-0.39, 0.29) is 6.54 Å². The summed E-state index contributed by atoms with van der Waals surface area (Å²) in [6.07, 6.45) is 1.25. The minimum Gasteiger partial charge on any atom is -0.459 e. The fourth-order valence-electron chi connectivity index (χ4n) is 1.92. The van der Waals surface area contributed by atoms with Gasteiger partial charge in [-0.1, -0.05) is 25.5 Å². The van der Waals surface area contributed by atoms with Crippen molar-refractivity contribution in [1.82, 2.24) is 4.90 Å². The van der Waals surface area contributed by atoms with E-state index in [9.17, 15) is 9.59 Å². The lowest BCUT2D eigenvalue weighted by Crippen LogP contribution is -2.38. The van der Waals surface area contributed by atoms with Crippen LogP contribution < -0.4 is 0 Å². The molecule has 1 aromatic rings. The van der Waals surface area contributed by atoms with Crippen molar-refractivity contribution in [2.45, 2.75) is 52.7 Å². The van der Waals surface area contributed by atoms with Gasteiger partial charge in [0, 0.05) is 10.1 Å². The molecule has 6 heteroatoms. The van der Waals surface area contributed by atoms with Gasteiger partial charge in [-0.25, -0.2) is 4.79 Å². The van der Waals surface area contributed by atoms with Gasteiger partial charge in [0.25, 0.3) is 0 Å². The third-order valence-electron chi connectivity index (χ3n) is 3.01. The molecule has 5 nitrogen and oxygen atoms in total. The third-order valence-corrected chi connectivity index (χ3v) is 3.73. The van der Waals surface area contributed by atoms with Crippen LogP contribution in [0.15, 0.2) is 24.3 Å². The van der Waals surface area contributed by atoms with Gasteiger partial charge in [0.1, 0.15) is 12.1 Å². The summed E-state index contributed by atoms with van der Waals surface area (Å²) in [7, 11) is 0. The van der Waals surface area contributed by atoms with Gasteiger partial charge in [-0.05, 0) is 67.5 Å². The van der Waals surface area contributed by atoms with Gasteiger partial charge >= 0.3 is 12.1 Å². The highest BCUT2D eigenvalue weighted by Gasteiger charge is 2.23. The molecule has 1 rings (SSSR count). The molecule has 0 radical (unpaired) electrons. The van der Waals surface area contributed by atoms with Crippen LogP contribution in [0.25, 0.3) is 0 Å². The Kier molecular flexibility index (Phi) is 8.52. The number of hydrogen-bond acceptors (Lipinski definition) is 4. The first-order valence-corrected chi connectivity index (χ1v) is 9.17. The Bertz CT molecular complexity index is 537. The minimum absolute atomic E-state index is 0.131. The number of esters is 1. The van der Waals surface area contributed by atoms with E-state index in [0.717, 1.165) is 22.0 Å². The molecule has 134 valence electrons. The normalized spacial score (nSPS) is 11.0. The molecule has 0 aliphatic heterocycles. The summed E-state index contributed by atoms with van der Waals surface area (Å²) in [5.74, 6) is -0.444. The fraction of sp³-hybridized carbons (Fsp3) is 0.556. The van der Waals surface area contributed by atoms with Crippen LogP contribution in [-0.4, -0.2) is 35.7 Å². The molecule has 0 heterocycles. The number of benzene rings is 1. The zero-order valence-electron chi connectivity index (χ0n) is 14.8. The lowest BCUT2D eigenvalue weighted by molar-refractivity contribution is -0.155. The SMILES string of the molecule is CCCCOC(=O)N(CC(=O)OC(C)(C)C)Cc1ccc(I)cc1. The number of carbonyl (C=O) groups is 2. The van der Waals surface area contributed by atoms with Crippen molar-refractivity contribution in [1.29, 1.82) is 0 Å². The molecule has 0 saturated carbocycles. The molecule has 0 spiro atoms. The van der Waals surface area contributed by atoms with Crippen molar-refractivity contribution in [3.63, 3.8) is 0 Å². The maximum absolute atomic E-state index is 12.3. The second-order valence-electron chi connectivity index (χ2n) is 6.54. The summed E-state index contributed by atoms with van der Waals surface area (Å²) in [4.78, 5) is 25.7. The molecule has 0 bridgehead atoms. The van der Waals surface area contributed by atoms with E-state index in [1.807, 2.05) is 31.2 Å². The first-order chi connectivity index (χ1) is 11.2.